The molecule has 1 aromatic carbocycles. The first kappa shape index (κ1) is 15.0. The molecule has 6 heteroatoms. The van der Waals surface area contributed by atoms with Crippen molar-refractivity contribution in [3.8, 4) is 0 Å². The summed E-state index contributed by atoms with van der Waals surface area (Å²) < 4.78 is 23.0. The zero-order valence-corrected chi connectivity index (χ0v) is 12.8. The summed E-state index contributed by atoms with van der Waals surface area (Å²) >= 11 is 5.05. The Kier molecular flexibility index (Phi) is 5.99. The Morgan fingerprint density at radius 2 is 2.18 bits per heavy atom. The number of hydrogen-bond acceptors (Lipinski definition) is 4. The van der Waals surface area contributed by atoms with Crippen LogP contribution in [-0.4, -0.2) is 32.2 Å². The average Bonchev–Trinajstić information content (AvgIpc) is 2.23. The minimum atomic E-state index is -2.91. The molecule has 0 saturated heterocycles. The third-order valence-corrected chi connectivity index (χ3v) is 4.77. The third kappa shape index (κ3) is 7.08. The molecule has 0 aliphatic carbocycles. The fraction of sp³-hybridized carbons (Fsp3) is 0.455. The lowest BCUT2D eigenvalue weighted by Crippen LogP contribution is -2.25. The van der Waals surface area contributed by atoms with E-state index >= 15 is 0 Å². The van der Waals surface area contributed by atoms with Gasteiger partial charge in [0.1, 0.15) is 9.84 Å². The molecule has 1 atom stereocenters. The van der Waals surface area contributed by atoms with Crippen molar-refractivity contribution >= 4 is 37.5 Å². The first-order valence-electron chi connectivity index (χ1n) is 5.18. The molecule has 0 aromatic heterocycles. The number of nitrogens with two attached hydrogens (primary N) is 1. The van der Waals surface area contributed by atoms with Gasteiger partial charge in [0.2, 0.25) is 0 Å². The maximum atomic E-state index is 11.0. The lowest BCUT2D eigenvalue weighted by Gasteiger charge is -2.10. The Labute approximate surface area is 115 Å². The first-order chi connectivity index (χ1) is 7.87. The molecule has 17 heavy (non-hydrogen) atoms. The third-order valence-electron chi connectivity index (χ3n) is 2.12. The largest absolute Gasteiger partial charge is 0.327 e. The molecule has 0 radical (unpaired) electrons. The van der Waals surface area contributed by atoms with Crippen LogP contribution in [0, 0.1) is 0 Å². The maximum absolute atomic E-state index is 11.0. The number of halogens is 1. The van der Waals surface area contributed by atoms with Crippen LogP contribution >= 0.6 is 27.7 Å². The molecule has 96 valence electrons. The molecule has 1 rings (SSSR count). The molecular weight excluding hydrogens is 322 g/mol. The van der Waals surface area contributed by atoms with E-state index in [-0.39, 0.29) is 11.8 Å². The molecule has 0 saturated carbocycles. The van der Waals surface area contributed by atoms with Crippen LogP contribution < -0.4 is 5.73 Å². The summed E-state index contributed by atoms with van der Waals surface area (Å²) in [5.74, 6) is 0.888. The van der Waals surface area contributed by atoms with E-state index in [1.165, 1.54) is 6.26 Å². The predicted octanol–water partition coefficient (Wildman–Crippen LogP) is 2.30. The van der Waals surface area contributed by atoms with E-state index < -0.39 is 9.84 Å². The zero-order chi connectivity index (χ0) is 12.9. The van der Waals surface area contributed by atoms with Crippen molar-refractivity contribution in [1.82, 2.24) is 0 Å². The number of rotatable bonds is 6. The van der Waals surface area contributed by atoms with E-state index in [0.717, 1.165) is 15.1 Å². The maximum Gasteiger partial charge on any atom is 0.147 e. The smallest absolute Gasteiger partial charge is 0.147 e. The van der Waals surface area contributed by atoms with Gasteiger partial charge in [0.25, 0.3) is 0 Å². The molecule has 0 heterocycles. The molecule has 0 bridgehead atoms. The monoisotopic (exact) mass is 337 g/mol. The van der Waals surface area contributed by atoms with Gasteiger partial charge in [0.05, 0.1) is 5.75 Å². The van der Waals surface area contributed by atoms with Crippen LogP contribution in [0.5, 0.6) is 0 Å². The van der Waals surface area contributed by atoms with E-state index in [1.54, 1.807) is 11.8 Å². The summed E-state index contributed by atoms with van der Waals surface area (Å²) in [4.78, 5) is 1.13. The van der Waals surface area contributed by atoms with Gasteiger partial charge in [-0.25, -0.2) is 8.42 Å². The average molecular weight is 338 g/mol. The first-order valence-corrected chi connectivity index (χ1v) is 9.02. The van der Waals surface area contributed by atoms with E-state index in [9.17, 15) is 8.42 Å². The van der Waals surface area contributed by atoms with Crippen LogP contribution in [0.3, 0.4) is 0 Å². The molecule has 1 unspecified atom stereocenters. The molecule has 0 aliphatic heterocycles. The fourth-order valence-corrected chi connectivity index (χ4v) is 3.45. The van der Waals surface area contributed by atoms with E-state index in [0.29, 0.717) is 6.42 Å². The number of sulfone groups is 1. The Hall–Kier alpha value is -0.0400. The number of benzene rings is 1. The molecule has 0 fully saturated rings. The molecular formula is C11H16BrNO2S2. The molecule has 2 N–H and O–H groups in total. The second kappa shape index (κ2) is 6.78. The second-order valence-corrected chi connectivity index (χ2v) is 8.22. The van der Waals surface area contributed by atoms with Gasteiger partial charge in [-0.2, -0.15) is 0 Å². The molecule has 1 aromatic rings. The van der Waals surface area contributed by atoms with Gasteiger partial charge in [-0.15, -0.1) is 11.8 Å². The summed E-state index contributed by atoms with van der Waals surface area (Å²) in [6, 6.07) is 7.88. The lowest BCUT2D eigenvalue weighted by molar-refractivity contribution is 0.594. The van der Waals surface area contributed by atoms with Crippen molar-refractivity contribution < 1.29 is 8.42 Å². The van der Waals surface area contributed by atoms with E-state index in [2.05, 4.69) is 15.9 Å². The number of thioether (sulfide) groups is 1. The zero-order valence-electron chi connectivity index (χ0n) is 9.60. The van der Waals surface area contributed by atoms with Crippen LogP contribution in [0.25, 0.3) is 0 Å². The van der Waals surface area contributed by atoms with Crippen molar-refractivity contribution in [2.45, 2.75) is 17.4 Å². The summed E-state index contributed by atoms with van der Waals surface area (Å²) in [7, 11) is -2.91. The van der Waals surface area contributed by atoms with Crippen LogP contribution in [0.15, 0.2) is 33.6 Å². The van der Waals surface area contributed by atoms with Crippen LogP contribution in [0.2, 0.25) is 0 Å². The van der Waals surface area contributed by atoms with Gasteiger partial charge in [-0.3, -0.25) is 0 Å². The van der Waals surface area contributed by atoms with Crippen molar-refractivity contribution in [3.63, 3.8) is 0 Å². The summed E-state index contributed by atoms with van der Waals surface area (Å²) in [5, 5.41) is 0. The second-order valence-electron chi connectivity index (χ2n) is 3.95. The standard InChI is InChI=1S/C11H16BrNO2S2/c1-17(14,15)6-5-10(13)8-16-11-4-2-3-9(12)7-11/h2-4,7,10H,5-6,8,13H2,1H3. The minimum absolute atomic E-state index is 0.0892. The highest BCUT2D eigenvalue weighted by Gasteiger charge is 2.08. The highest BCUT2D eigenvalue weighted by molar-refractivity contribution is 9.10. The normalized spacial score (nSPS) is 13.6. The van der Waals surface area contributed by atoms with Crippen molar-refractivity contribution in [2.24, 2.45) is 5.73 Å². The lowest BCUT2D eigenvalue weighted by atomic mass is 10.3. The fourth-order valence-electron chi connectivity index (χ4n) is 1.21. The highest BCUT2D eigenvalue weighted by Crippen LogP contribution is 2.22. The number of hydrogen-bond donors (Lipinski definition) is 1. The van der Waals surface area contributed by atoms with Gasteiger partial charge in [-0.1, -0.05) is 22.0 Å². The molecule has 3 nitrogen and oxygen atoms in total. The van der Waals surface area contributed by atoms with Gasteiger partial charge in [0.15, 0.2) is 0 Å². The van der Waals surface area contributed by atoms with Crippen LogP contribution in [0.4, 0.5) is 0 Å². The SMILES string of the molecule is CS(=O)(=O)CCC(N)CSc1cccc(Br)c1. The molecule has 0 spiro atoms. The van der Waals surface area contributed by atoms with Gasteiger partial charge in [-0.05, 0) is 24.6 Å². The highest BCUT2D eigenvalue weighted by atomic mass is 79.9. The molecule has 0 aliphatic rings. The topological polar surface area (TPSA) is 60.2 Å². The molecule has 0 amide bonds. The van der Waals surface area contributed by atoms with Crippen LogP contribution in [0.1, 0.15) is 6.42 Å². The van der Waals surface area contributed by atoms with Gasteiger partial charge < -0.3 is 5.73 Å². The minimum Gasteiger partial charge on any atom is -0.327 e. The van der Waals surface area contributed by atoms with Crippen LogP contribution in [-0.2, 0) is 9.84 Å². The van der Waals surface area contributed by atoms with E-state index in [4.69, 9.17) is 5.73 Å². The summed E-state index contributed by atoms with van der Waals surface area (Å²) in [5.41, 5.74) is 5.87. The Bertz CT molecular complexity index is 462. The summed E-state index contributed by atoms with van der Waals surface area (Å²) in [6.45, 7) is 0. The summed E-state index contributed by atoms with van der Waals surface area (Å²) in [6.07, 6.45) is 1.75. The van der Waals surface area contributed by atoms with Crippen molar-refractivity contribution in [3.05, 3.63) is 28.7 Å². The Morgan fingerprint density at radius 1 is 1.47 bits per heavy atom. The van der Waals surface area contributed by atoms with Crippen molar-refractivity contribution in [1.29, 1.82) is 0 Å². The Morgan fingerprint density at radius 3 is 2.76 bits per heavy atom. The quantitative estimate of drug-likeness (QED) is 0.809. The van der Waals surface area contributed by atoms with E-state index in [1.807, 2.05) is 24.3 Å². The van der Waals surface area contributed by atoms with Crippen molar-refractivity contribution in [2.75, 3.05) is 17.8 Å². The predicted molar refractivity (Wildman–Crippen MR) is 77.2 cm³/mol. The van der Waals surface area contributed by atoms with Gasteiger partial charge in [0, 0.05) is 27.4 Å². The Balaban J connectivity index is 2.36. The van der Waals surface area contributed by atoms with Gasteiger partial charge >= 0.3 is 0 Å².